The predicted octanol–water partition coefficient (Wildman–Crippen LogP) is 12.5. The summed E-state index contributed by atoms with van der Waals surface area (Å²) in [6.07, 6.45) is 0. The molecule has 0 heteroatoms. The number of hydrogen-bond donors (Lipinski definition) is 0. The Labute approximate surface area is 264 Å². The molecule has 0 saturated heterocycles. The van der Waals surface area contributed by atoms with Gasteiger partial charge < -0.3 is 0 Å². The van der Waals surface area contributed by atoms with E-state index < -0.39 is 0 Å². The van der Waals surface area contributed by atoms with E-state index in [0.717, 1.165) is 0 Å². The van der Waals surface area contributed by atoms with E-state index in [9.17, 15) is 0 Å². The van der Waals surface area contributed by atoms with Crippen LogP contribution in [-0.4, -0.2) is 0 Å². The van der Waals surface area contributed by atoms with Crippen LogP contribution in [0, 0.1) is 0 Å². The summed E-state index contributed by atoms with van der Waals surface area (Å²) >= 11 is 0. The van der Waals surface area contributed by atoms with Crippen LogP contribution in [0.15, 0.2) is 158 Å². The first-order valence-electron chi connectivity index (χ1n) is 15.9. The lowest BCUT2D eigenvalue weighted by Gasteiger charge is -2.23. The summed E-state index contributed by atoms with van der Waals surface area (Å²) in [7, 11) is 0. The van der Waals surface area contributed by atoms with E-state index in [1.54, 1.807) is 0 Å². The summed E-state index contributed by atoms with van der Waals surface area (Å²) in [5.41, 5.74) is 13.2. The van der Waals surface area contributed by atoms with Gasteiger partial charge in [-0.2, -0.15) is 0 Å². The fourth-order valence-electron chi connectivity index (χ4n) is 7.96. The lowest BCUT2D eigenvalue weighted by molar-refractivity contribution is 0.661. The fourth-order valence-corrected chi connectivity index (χ4v) is 7.96. The van der Waals surface area contributed by atoms with Crippen LogP contribution in [-0.2, 0) is 5.41 Å². The lowest BCUT2D eigenvalue weighted by atomic mass is 9.80. The maximum absolute atomic E-state index is 2.46. The van der Waals surface area contributed by atoms with Crippen LogP contribution in [0.2, 0.25) is 0 Å². The third-order valence-corrected chi connectivity index (χ3v) is 10.1. The van der Waals surface area contributed by atoms with E-state index in [2.05, 4.69) is 172 Å². The molecule has 0 atom stereocenters. The van der Waals surface area contributed by atoms with Gasteiger partial charge in [0.15, 0.2) is 0 Å². The number of benzene rings is 8. The minimum absolute atomic E-state index is 0.0526. The minimum atomic E-state index is -0.0526. The molecular formula is C45H32. The minimum Gasteiger partial charge on any atom is -0.0622 e. The number of rotatable bonds is 3. The van der Waals surface area contributed by atoms with Crippen molar-refractivity contribution in [2.24, 2.45) is 0 Å². The average molecular weight is 573 g/mol. The van der Waals surface area contributed by atoms with E-state index in [-0.39, 0.29) is 5.41 Å². The molecule has 0 nitrogen and oxygen atoms in total. The van der Waals surface area contributed by atoms with E-state index >= 15 is 0 Å². The molecule has 8 aromatic carbocycles. The molecule has 1 aliphatic rings. The second kappa shape index (κ2) is 9.78. The second-order valence-corrected chi connectivity index (χ2v) is 12.8. The molecule has 0 heterocycles. The van der Waals surface area contributed by atoms with Crippen molar-refractivity contribution in [3.05, 3.63) is 169 Å². The van der Waals surface area contributed by atoms with E-state index in [0.29, 0.717) is 0 Å². The SMILES string of the molecule is CC1(C)c2ccccc2-c2c1cc(-c1ccc(-c3c4ccccc4c(-c4ccccc4)c4ccccc34)cc1)c1ccccc21. The molecule has 0 fully saturated rings. The summed E-state index contributed by atoms with van der Waals surface area (Å²) in [4.78, 5) is 0. The van der Waals surface area contributed by atoms with Gasteiger partial charge >= 0.3 is 0 Å². The Kier molecular flexibility index (Phi) is 5.64. The number of fused-ring (bicyclic) bond motifs is 7. The van der Waals surface area contributed by atoms with Gasteiger partial charge in [0.1, 0.15) is 0 Å². The molecule has 0 spiro atoms. The van der Waals surface area contributed by atoms with E-state index in [4.69, 9.17) is 0 Å². The van der Waals surface area contributed by atoms with Crippen LogP contribution in [0.1, 0.15) is 25.0 Å². The molecule has 212 valence electrons. The largest absolute Gasteiger partial charge is 0.0622 e. The third-order valence-electron chi connectivity index (χ3n) is 10.1. The zero-order chi connectivity index (χ0) is 30.1. The molecular weight excluding hydrogens is 540 g/mol. The molecule has 0 radical (unpaired) electrons. The summed E-state index contributed by atoms with van der Waals surface area (Å²) in [5, 5.41) is 7.77. The number of hydrogen-bond acceptors (Lipinski definition) is 0. The zero-order valence-corrected chi connectivity index (χ0v) is 25.5. The lowest BCUT2D eigenvalue weighted by Crippen LogP contribution is -2.15. The Morgan fingerprint density at radius 3 is 1.31 bits per heavy atom. The van der Waals surface area contributed by atoms with Crippen LogP contribution in [0.3, 0.4) is 0 Å². The molecule has 0 amide bonds. The molecule has 0 saturated carbocycles. The summed E-state index contributed by atoms with van der Waals surface area (Å²) in [6, 6.07) is 58.2. The van der Waals surface area contributed by atoms with Gasteiger partial charge in [-0.3, -0.25) is 0 Å². The van der Waals surface area contributed by atoms with Gasteiger partial charge in [-0.25, -0.2) is 0 Å². The first kappa shape index (κ1) is 26.0. The van der Waals surface area contributed by atoms with Gasteiger partial charge in [0.25, 0.3) is 0 Å². The molecule has 8 aromatic rings. The first-order chi connectivity index (χ1) is 22.1. The van der Waals surface area contributed by atoms with Gasteiger partial charge in [0.2, 0.25) is 0 Å². The molecule has 1 aliphatic carbocycles. The van der Waals surface area contributed by atoms with Crippen LogP contribution in [0.4, 0.5) is 0 Å². The van der Waals surface area contributed by atoms with Gasteiger partial charge in [-0.05, 0) is 94.0 Å². The highest BCUT2D eigenvalue weighted by molar-refractivity contribution is 6.21. The smallest absolute Gasteiger partial charge is 0.0159 e. The standard InChI is InChI=1S/C45H32/c1-45(2)40-23-13-12-22-38(40)44-33-17-7-6-16-32(33)39(28-41(44)45)29-24-26-31(27-25-29)43-36-20-10-8-18-34(36)42(30-14-4-3-5-15-30)35-19-9-11-21-37(35)43/h3-28H,1-2H3. The molecule has 0 aliphatic heterocycles. The van der Waals surface area contributed by atoms with Crippen LogP contribution in [0.25, 0.3) is 76.8 Å². The van der Waals surface area contributed by atoms with Crippen LogP contribution in [0.5, 0.6) is 0 Å². The maximum Gasteiger partial charge on any atom is 0.0159 e. The summed E-state index contributed by atoms with van der Waals surface area (Å²) in [6.45, 7) is 4.74. The summed E-state index contributed by atoms with van der Waals surface area (Å²) in [5.74, 6) is 0. The third kappa shape index (κ3) is 3.79. The highest BCUT2D eigenvalue weighted by Gasteiger charge is 2.36. The van der Waals surface area contributed by atoms with E-state index in [1.807, 2.05) is 0 Å². The van der Waals surface area contributed by atoms with Crippen molar-refractivity contribution >= 4 is 32.3 Å². The highest BCUT2D eigenvalue weighted by Crippen LogP contribution is 2.53. The summed E-state index contributed by atoms with van der Waals surface area (Å²) < 4.78 is 0. The predicted molar refractivity (Wildman–Crippen MR) is 193 cm³/mol. The van der Waals surface area contributed by atoms with Crippen molar-refractivity contribution in [3.8, 4) is 44.5 Å². The van der Waals surface area contributed by atoms with E-state index in [1.165, 1.54) is 88.0 Å². The van der Waals surface area contributed by atoms with Crippen molar-refractivity contribution < 1.29 is 0 Å². The topological polar surface area (TPSA) is 0 Å². The van der Waals surface area contributed by atoms with Crippen molar-refractivity contribution in [2.75, 3.05) is 0 Å². The molecule has 9 rings (SSSR count). The Morgan fingerprint density at radius 2 is 0.733 bits per heavy atom. The van der Waals surface area contributed by atoms with Crippen molar-refractivity contribution in [2.45, 2.75) is 19.3 Å². The van der Waals surface area contributed by atoms with Crippen molar-refractivity contribution in [1.29, 1.82) is 0 Å². The molecule has 0 bridgehead atoms. The van der Waals surface area contributed by atoms with Gasteiger partial charge in [0.05, 0.1) is 0 Å². The monoisotopic (exact) mass is 572 g/mol. The maximum atomic E-state index is 2.46. The van der Waals surface area contributed by atoms with Gasteiger partial charge in [-0.1, -0.05) is 166 Å². The molecule has 0 N–H and O–H groups in total. The zero-order valence-electron chi connectivity index (χ0n) is 25.5. The Bertz CT molecular complexity index is 2370. The second-order valence-electron chi connectivity index (χ2n) is 12.8. The van der Waals surface area contributed by atoms with Crippen LogP contribution < -0.4 is 0 Å². The molecule has 45 heavy (non-hydrogen) atoms. The average Bonchev–Trinajstić information content (AvgIpc) is 3.33. The quantitative estimate of drug-likeness (QED) is 0.185. The highest BCUT2D eigenvalue weighted by atomic mass is 14.4. The van der Waals surface area contributed by atoms with Crippen LogP contribution >= 0.6 is 0 Å². The Morgan fingerprint density at radius 1 is 0.311 bits per heavy atom. The van der Waals surface area contributed by atoms with Crippen molar-refractivity contribution in [1.82, 2.24) is 0 Å². The molecule has 0 unspecified atom stereocenters. The van der Waals surface area contributed by atoms with Gasteiger partial charge in [-0.15, -0.1) is 0 Å². The Hall–Kier alpha value is -5.46. The van der Waals surface area contributed by atoms with Gasteiger partial charge in [0, 0.05) is 5.41 Å². The van der Waals surface area contributed by atoms with Crippen molar-refractivity contribution in [3.63, 3.8) is 0 Å². The fraction of sp³-hybridized carbons (Fsp3) is 0.0667. The Balaban J connectivity index is 1.26. The first-order valence-corrected chi connectivity index (χ1v) is 15.9. The molecule has 0 aromatic heterocycles. The normalized spacial score (nSPS) is 13.3.